The molecule has 0 aliphatic heterocycles. The molecule has 0 radical (unpaired) electrons. The Bertz CT molecular complexity index is 396. The molecule has 0 saturated carbocycles. The van der Waals surface area contributed by atoms with E-state index < -0.39 is 34.8 Å². The van der Waals surface area contributed by atoms with Gasteiger partial charge in [0.1, 0.15) is 0 Å². The van der Waals surface area contributed by atoms with Crippen LogP contribution in [-0.4, -0.2) is 21.7 Å². The highest BCUT2D eigenvalue weighted by Gasteiger charge is 2.25. The summed E-state index contributed by atoms with van der Waals surface area (Å²) in [5.74, 6) is -1.99. The Morgan fingerprint density at radius 2 is 2.20 bits per heavy atom. The number of nitrogens with two attached hydrogens (primary N) is 1. The first kappa shape index (κ1) is 11.3. The maximum Gasteiger partial charge on any atom is 0.346 e. The van der Waals surface area contributed by atoms with Gasteiger partial charge in [-0.2, -0.15) is 4.39 Å². The molecule has 0 spiro atoms. The summed E-state index contributed by atoms with van der Waals surface area (Å²) in [6, 6.07) is 0.936. The Morgan fingerprint density at radius 3 is 2.67 bits per heavy atom. The zero-order valence-electron chi connectivity index (χ0n) is 7.55. The maximum absolute atomic E-state index is 12.9. The van der Waals surface area contributed by atoms with Crippen molar-refractivity contribution in [3.05, 3.63) is 33.6 Å². The van der Waals surface area contributed by atoms with E-state index in [1.807, 2.05) is 0 Å². The molecule has 82 valence electrons. The van der Waals surface area contributed by atoms with Gasteiger partial charge in [-0.15, -0.1) is 0 Å². The second kappa shape index (κ2) is 4.20. The van der Waals surface area contributed by atoms with E-state index in [4.69, 9.17) is 10.8 Å². The lowest BCUT2D eigenvalue weighted by molar-refractivity contribution is -0.388. The van der Waals surface area contributed by atoms with Gasteiger partial charge in [-0.1, -0.05) is 6.07 Å². The first-order valence-electron chi connectivity index (χ1n) is 4.01. The number of aliphatic hydroxyl groups is 1. The smallest absolute Gasteiger partial charge is 0.346 e. The predicted molar refractivity (Wildman–Crippen MR) is 48.7 cm³/mol. The number of phenols is 1. The van der Waals surface area contributed by atoms with Crippen LogP contribution >= 0.6 is 0 Å². The molecular formula is C8H9FN2O4. The minimum absolute atomic E-state index is 0.0643. The van der Waals surface area contributed by atoms with Gasteiger partial charge < -0.3 is 15.9 Å². The predicted octanol–water partition coefficient (Wildman–Crippen LogP) is 0.432. The van der Waals surface area contributed by atoms with Crippen molar-refractivity contribution in [1.29, 1.82) is 0 Å². The standard InChI is InChI=1S/C8H9FN2O4/c9-5-2-1-4(6(10)3-12)8(13)7(5)11(14)15/h1-2,6,12-13H,3,10H2/t6-/m1/s1. The molecule has 0 aliphatic rings. The third-order valence-corrected chi connectivity index (χ3v) is 1.91. The zero-order valence-corrected chi connectivity index (χ0v) is 7.55. The Balaban J connectivity index is 3.34. The fraction of sp³-hybridized carbons (Fsp3) is 0.250. The number of hydrogen-bond acceptors (Lipinski definition) is 5. The highest BCUT2D eigenvalue weighted by molar-refractivity contribution is 5.52. The van der Waals surface area contributed by atoms with Gasteiger partial charge >= 0.3 is 5.69 Å². The molecule has 0 amide bonds. The summed E-state index contributed by atoms with van der Waals surface area (Å²) >= 11 is 0. The molecule has 0 heterocycles. The van der Waals surface area contributed by atoms with E-state index in [-0.39, 0.29) is 5.56 Å². The number of nitrogens with zero attached hydrogens (tertiary/aromatic N) is 1. The van der Waals surface area contributed by atoms with E-state index >= 15 is 0 Å². The van der Waals surface area contributed by atoms with Crippen molar-refractivity contribution in [1.82, 2.24) is 0 Å². The first-order chi connectivity index (χ1) is 6.99. The molecule has 0 unspecified atom stereocenters. The van der Waals surface area contributed by atoms with Crippen molar-refractivity contribution in [2.24, 2.45) is 5.73 Å². The van der Waals surface area contributed by atoms with Crippen molar-refractivity contribution in [3.63, 3.8) is 0 Å². The minimum Gasteiger partial charge on any atom is -0.502 e. The normalized spacial score (nSPS) is 12.5. The third-order valence-electron chi connectivity index (χ3n) is 1.91. The Hall–Kier alpha value is -1.73. The maximum atomic E-state index is 12.9. The molecule has 6 nitrogen and oxygen atoms in total. The number of benzene rings is 1. The van der Waals surface area contributed by atoms with E-state index in [0.29, 0.717) is 0 Å². The quantitative estimate of drug-likeness (QED) is 0.501. The summed E-state index contributed by atoms with van der Waals surface area (Å²) in [4.78, 5) is 9.36. The Labute approximate surface area is 83.9 Å². The minimum atomic E-state index is -1.15. The summed E-state index contributed by atoms with van der Waals surface area (Å²) in [7, 11) is 0. The van der Waals surface area contributed by atoms with Gasteiger partial charge in [0.25, 0.3) is 0 Å². The van der Waals surface area contributed by atoms with Crippen LogP contribution in [0.4, 0.5) is 10.1 Å². The van der Waals surface area contributed by atoms with Crippen molar-refractivity contribution < 1.29 is 19.5 Å². The van der Waals surface area contributed by atoms with Crippen LogP contribution in [-0.2, 0) is 0 Å². The van der Waals surface area contributed by atoms with Gasteiger partial charge in [-0.3, -0.25) is 10.1 Å². The van der Waals surface area contributed by atoms with Crippen LogP contribution in [0, 0.1) is 15.9 Å². The molecule has 1 atom stereocenters. The van der Waals surface area contributed by atoms with Crippen LogP contribution in [0.5, 0.6) is 5.75 Å². The summed E-state index contributed by atoms with van der Waals surface area (Å²) < 4.78 is 12.9. The van der Waals surface area contributed by atoms with E-state index in [9.17, 15) is 19.6 Å². The number of nitro benzene ring substituents is 1. The third kappa shape index (κ3) is 2.03. The molecule has 0 aromatic heterocycles. The topological polar surface area (TPSA) is 110 Å². The van der Waals surface area contributed by atoms with Crippen LogP contribution in [0.1, 0.15) is 11.6 Å². The van der Waals surface area contributed by atoms with Crippen LogP contribution in [0.15, 0.2) is 12.1 Å². The first-order valence-corrected chi connectivity index (χ1v) is 4.01. The van der Waals surface area contributed by atoms with Crippen LogP contribution < -0.4 is 5.73 Å². The van der Waals surface area contributed by atoms with Crippen LogP contribution in [0.2, 0.25) is 0 Å². The van der Waals surface area contributed by atoms with Gasteiger partial charge in [-0.25, -0.2) is 0 Å². The second-order valence-electron chi connectivity index (χ2n) is 2.88. The molecule has 0 aliphatic carbocycles. The van der Waals surface area contributed by atoms with Gasteiger partial charge in [-0.05, 0) is 6.07 Å². The van der Waals surface area contributed by atoms with Crippen LogP contribution in [0.3, 0.4) is 0 Å². The molecule has 0 fully saturated rings. The molecular weight excluding hydrogens is 207 g/mol. The number of phenolic OH excluding ortho intramolecular Hbond substituents is 1. The van der Waals surface area contributed by atoms with Crippen molar-refractivity contribution in [3.8, 4) is 5.75 Å². The van der Waals surface area contributed by atoms with E-state index in [0.717, 1.165) is 12.1 Å². The molecule has 1 rings (SSSR count). The van der Waals surface area contributed by atoms with Crippen molar-refractivity contribution in [2.45, 2.75) is 6.04 Å². The lowest BCUT2D eigenvalue weighted by Gasteiger charge is -2.10. The van der Waals surface area contributed by atoms with Crippen molar-refractivity contribution >= 4 is 5.69 Å². The number of nitro groups is 1. The van der Waals surface area contributed by atoms with Gasteiger partial charge in [0.15, 0.2) is 0 Å². The molecule has 0 bridgehead atoms. The summed E-state index contributed by atoms with van der Waals surface area (Å²) in [6.45, 7) is -0.504. The number of aromatic hydroxyl groups is 1. The number of aliphatic hydroxyl groups excluding tert-OH is 1. The average molecular weight is 216 g/mol. The SMILES string of the molecule is N[C@H](CO)c1ccc(F)c([N+](=O)[O-])c1O. The second-order valence-corrected chi connectivity index (χ2v) is 2.88. The van der Waals surface area contributed by atoms with E-state index in [1.165, 1.54) is 0 Å². The Kier molecular flexibility index (Phi) is 3.17. The summed E-state index contributed by atoms with van der Waals surface area (Å²) in [6.07, 6.45) is 0. The lowest BCUT2D eigenvalue weighted by atomic mass is 10.1. The van der Waals surface area contributed by atoms with Gasteiger partial charge in [0.05, 0.1) is 17.6 Å². The fourth-order valence-electron chi connectivity index (χ4n) is 1.14. The lowest BCUT2D eigenvalue weighted by Crippen LogP contribution is -2.15. The highest BCUT2D eigenvalue weighted by atomic mass is 19.1. The monoisotopic (exact) mass is 216 g/mol. The summed E-state index contributed by atoms with van der Waals surface area (Å²) in [5.41, 5.74) is 4.26. The van der Waals surface area contributed by atoms with E-state index in [2.05, 4.69) is 0 Å². The molecule has 0 saturated heterocycles. The number of halogens is 1. The van der Waals surface area contributed by atoms with E-state index in [1.54, 1.807) is 0 Å². The van der Waals surface area contributed by atoms with Crippen LogP contribution in [0.25, 0.3) is 0 Å². The molecule has 7 heteroatoms. The highest BCUT2D eigenvalue weighted by Crippen LogP contribution is 2.34. The largest absolute Gasteiger partial charge is 0.502 e. The summed E-state index contributed by atoms with van der Waals surface area (Å²) in [5, 5.41) is 28.5. The van der Waals surface area contributed by atoms with Gasteiger partial charge in [0, 0.05) is 5.56 Å². The average Bonchev–Trinajstić information content (AvgIpc) is 2.16. The van der Waals surface area contributed by atoms with Gasteiger partial charge in [0.2, 0.25) is 11.6 Å². The van der Waals surface area contributed by atoms with Crippen molar-refractivity contribution in [2.75, 3.05) is 6.61 Å². The fourth-order valence-corrected chi connectivity index (χ4v) is 1.14. The zero-order chi connectivity index (χ0) is 11.6. The molecule has 4 N–H and O–H groups in total. The number of hydrogen-bond donors (Lipinski definition) is 3. The molecule has 15 heavy (non-hydrogen) atoms. The molecule has 1 aromatic rings. The number of rotatable bonds is 3. The molecule has 1 aromatic carbocycles. The Morgan fingerprint density at radius 1 is 1.60 bits per heavy atom.